The van der Waals surface area contributed by atoms with E-state index < -0.39 is 5.41 Å². The lowest BCUT2D eigenvalue weighted by atomic mass is 9.67. The predicted octanol–water partition coefficient (Wildman–Crippen LogP) is 18.8. The van der Waals surface area contributed by atoms with Gasteiger partial charge in [0.05, 0.1) is 5.41 Å². The van der Waals surface area contributed by atoms with Crippen LogP contribution in [0, 0.1) is 0 Å². The molecule has 0 fully saturated rings. The van der Waals surface area contributed by atoms with Crippen molar-refractivity contribution in [3.05, 3.63) is 283 Å². The molecule has 3 heteroatoms. The van der Waals surface area contributed by atoms with Crippen molar-refractivity contribution in [2.75, 3.05) is 4.90 Å². The van der Waals surface area contributed by atoms with Crippen LogP contribution >= 0.6 is 11.3 Å². The number of nitrogens with zero attached hydrogens (tertiary/aromatic N) is 1. The molecule has 1 aliphatic rings. The highest BCUT2D eigenvalue weighted by atomic mass is 32.1. The number of furan rings is 1. The van der Waals surface area contributed by atoms with E-state index in [1.54, 1.807) is 0 Å². The summed E-state index contributed by atoms with van der Waals surface area (Å²) in [5.74, 6) is 0. The van der Waals surface area contributed by atoms with Crippen molar-refractivity contribution in [2.24, 2.45) is 0 Å². The van der Waals surface area contributed by atoms with Crippen LogP contribution in [0.25, 0.3) is 86.6 Å². The smallest absolute Gasteiger partial charge is 0.137 e. The zero-order valence-electron chi connectivity index (χ0n) is 38.1. The molecule has 2 nitrogen and oxygen atoms in total. The van der Waals surface area contributed by atoms with Crippen LogP contribution in [0.1, 0.15) is 22.3 Å². The summed E-state index contributed by atoms with van der Waals surface area (Å²) in [7, 11) is 0. The van der Waals surface area contributed by atoms with Gasteiger partial charge in [-0.25, -0.2) is 0 Å². The molecule has 0 bridgehead atoms. The van der Waals surface area contributed by atoms with Crippen molar-refractivity contribution in [3.8, 4) is 44.5 Å². The van der Waals surface area contributed by atoms with E-state index in [0.29, 0.717) is 0 Å². The molecule has 0 spiro atoms. The number of fused-ring (bicyclic) bond motifs is 9. The second-order valence-electron chi connectivity index (χ2n) is 18.4. The summed E-state index contributed by atoms with van der Waals surface area (Å²) in [6.07, 6.45) is 0. The minimum Gasteiger partial charge on any atom is -0.456 e. The highest BCUT2D eigenvalue weighted by molar-refractivity contribution is 7.26. The van der Waals surface area contributed by atoms with Crippen LogP contribution in [0.5, 0.6) is 0 Å². The molecule has 70 heavy (non-hydrogen) atoms. The number of thiophene rings is 1. The van der Waals surface area contributed by atoms with Gasteiger partial charge in [-0.3, -0.25) is 0 Å². The summed E-state index contributed by atoms with van der Waals surface area (Å²) in [5.41, 5.74) is 19.4. The van der Waals surface area contributed by atoms with Gasteiger partial charge >= 0.3 is 0 Å². The third-order valence-electron chi connectivity index (χ3n) is 14.6. The summed E-state index contributed by atoms with van der Waals surface area (Å²) in [5, 5.41) is 4.86. The minimum atomic E-state index is -0.436. The van der Waals surface area contributed by atoms with Crippen LogP contribution in [0.2, 0.25) is 0 Å². The lowest BCUT2D eigenvalue weighted by Gasteiger charge is -2.34. The van der Waals surface area contributed by atoms with Crippen LogP contribution < -0.4 is 4.90 Å². The lowest BCUT2D eigenvalue weighted by Crippen LogP contribution is -2.28. The molecule has 13 aromatic rings. The molecule has 328 valence electrons. The normalized spacial score (nSPS) is 12.7. The second-order valence-corrected chi connectivity index (χ2v) is 19.4. The molecule has 0 unspecified atom stereocenters. The maximum Gasteiger partial charge on any atom is 0.137 e. The van der Waals surface area contributed by atoms with Gasteiger partial charge in [-0.1, -0.05) is 200 Å². The Morgan fingerprint density at radius 2 is 0.829 bits per heavy atom. The van der Waals surface area contributed by atoms with E-state index in [2.05, 4.69) is 254 Å². The van der Waals surface area contributed by atoms with Crippen LogP contribution in [0.4, 0.5) is 17.1 Å². The Labute approximate surface area is 410 Å². The molecule has 0 saturated carbocycles. The van der Waals surface area contributed by atoms with Crippen LogP contribution in [0.3, 0.4) is 0 Å². The Morgan fingerprint density at radius 1 is 0.314 bits per heavy atom. The van der Waals surface area contributed by atoms with E-state index in [0.717, 1.165) is 44.6 Å². The van der Waals surface area contributed by atoms with Gasteiger partial charge in [0.2, 0.25) is 0 Å². The maximum atomic E-state index is 6.44. The van der Waals surface area contributed by atoms with Gasteiger partial charge in [0.1, 0.15) is 11.2 Å². The van der Waals surface area contributed by atoms with Gasteiger partial charge in [-0.15, -0.1) is 11.3 Å². The fourth-order valence-corrected chi connectivity index (χ4v) is 12.6. The molecule has 14 rings (SSSR count). The van der Waals surface area contributed by atoms with E-state index >= 15 is 0 Å². The van der Waals surface area contributed by atoms with Crippen molar-refractivity contribution >= 4 is 70.5 Å². The average molecular weight is 910 g/mol. The Kier molecular flexibility index (Phi) is 9.33. The average Bonchev–Trinajstić information content (AvgIpc) is 4.10. The van der Waals surface area contributed by atoms with Crippen molar-refractivity contribution in [1.29, 1.82) is 0 Å². The number of para-hydroxylation sites is 1. The van der Waals surface area contributed by atoms with E-state index in [1.165, 1.54) is 81.4 Å². The molecule has 0 amide bonds. The Balaban J connectivity index is 0.812. The van der Waals surface area contributed by atoms with Gasteiger partial charge in [0.15, 0.2) is 0 Å². The van der Waals surface area contributed by atoms with Gasteiger partial charge in [0, 0.05) is 54.1 Å². The van der Waals surface area contributed by atoms with E-state index in [9.17, 15) is 0 Å². The molecule has 2 heterocycles. The fraction of sp³-hybridized carbons (Fsp3) is 0.0149. The Hall–Kier alpha value is -8.76. The summed E-state index contributed by atoms with van der Waals surface area (Å²) in [6, 6.07) is 95.4. The number of rotatable bonds is 8. The number of anilines is 3. The largest absolute Gasteiger partial charge is 0.456 e. The third-order valence-corrected chi connectivity index (χ3v) is 15.8. The summed E-state index contributed by atoms with van der Waals surface area (Å²) < 4.78 is 9.07. The molecule has 11 aromatic carbocycles. The summed E-state index contributed by atoms with van der Waals surface area (Å²) >= 11 is 1.87. The van der Waals surface area contributed by atoms with E-state index in [-0.39, 0.29) is 0 Å². The number of hydrogen-bond donors (Lipinski definition) is 0. The molecule has 0 atom stereocenters. The first-order valence-electron chi connectivity index (χ1n) is 24.0. The summed E-state index contributed by atoms with van der Waals surface area (Å²) in [4.78, 5) is 2.33. The van der Waals surface area contributed by atoms with Crippen molar-refractivity contribution in [1.82, 2.24) is 0 Å². The first-order valence-corrected chi connectivity index (χ1v) is 24.8. The van der Waals surface area contributed by atoms with Gasteiger partial charge in [-0.2, -0.15) is 0 Å². The third kappa shape index (κ3) is 6.32. The molecular formula is C67H43NOS. The van der Waals surface area contributed by atoms with E-state index in [4.69, 9.17) is 4.42 Å². The maximum absolute atomic E-state index is 6.44. The van der Waals surface area contributed by atoms with Crippen LogP contribution in [0.15, 0.2) is 265 Å². The minimum absolute atomic E-state index is 0.436. The van der Waals surface area contributed by atoms with Crippen LogP contribution in [-0.4, -0.2) is 0 Å². The van der Waals surface area contributed by atoms with Crippen molar-refractivity contribution < 1.29 is 4.42 Å². The predicted molar refractivity (Wildman–Crippen MR) is 295 cm³/mol. The van der Waals surface area contributed by atoms with Gasteiger partial charge in [-0.05, 0) is 121 Å². The molecule has 0 radical (unpaired) electrons. The van der Waals surface area contributed by atoms with Crippen LogP contribution in [-0.2, 0) is 5.41 Å². The van der Waals surface area contributed by atoms with Crippen molar-refractivity contribution in [3.63, 3.8) is 0 Å². The first kappa shape index (κ1) is 40.3. The highest BCUT2D eigenvalue weighted by Gasteiger charge is 2.45. The first-order chi connectivity index (χ1) is 34.7. The lowest BCUT2D eigenvalue weighted by molar-refractivity contribution is 0.669. The van der Waals surface area contributed by atoms with Gasteiger partial charge in [0.25, 0.3) is 0 Å². The standard InChI is InChI=1S/C67H43NOS/c1-2-15-49(16-3-1)67(61-24-8-4-18-55(61)56-19-5-9-25-62(56)67)50-17-12-14-48(42-50)46-30-28-44(29-31-46)45-32-36-51(37-33-45)68(53-40-41-58-57-20-6-10-26-63(57)69-64(58)43-53)52-38-34-47(35-39-52)54-22-13-23-60-59-21-7-11-27-65(59)70-66(54)60/h1-43H. The topological polar surface area (TPSA) is 16.4 Å². The monoisotopic (exact) mass is 909 g/mol. The summed E-state index contributed by atoms with van der Waals surface area (Å²) in [6.45, 7) is 0. The molecule has 0 N–H and O–H groups in total. The Bertz CT molecular complexity index is 4060. The highest BCUT2D eigenvalue weighted by Crippen LogP contribution is 2.56. The number of benzene rings is 11. The zero-order valence-corrected chi connectivity index (χ0v) is 38.9. The fourth-order valence-electron chi connectivity index (χ4n) is 11.4. The molecule has 2 aromatic heterocycles. The second kappa shape index (κ2) is 16.2. The SMILES string of the molecule is c1ccc(C2(c3cccc(-c4ccc(-c5ccc(N(c6ccc(-c7cccc8c7sc7ccccc78)cc6)c6ccc7c(c6)oc6ccccc67)cc5)cc4)c3)c3ccccc3-c3ccccc32)cc1. The molecule has 0 saturated heterocycles. The molecule has 1 aliphatic carbocycles. The van der Waals surface area contributed by atoms with Crippen molar-refractivity contribution in [2.45, 2.75) is 5.41 Å². The molecular weight excluding hydrogens is 867 g/mol. The Morgan fingerprint density at radius 3 is 1.56 bits per heavy atom. The number of hydrogen-bond acceptors (Lipinski definition) is 3. The van der Waals surface area contributed by atoms with Gasteiger partial charge < -0.3 is 9.32 Å². The quantitative estimate of drug-likeness (QED) is 0.151. The zero-order chi connectivity index (χ0) is 46.2. The molecule has 0 aliphatic heterocycles. The van der Waals surface area contributed by atoms with E-state index in [1.807, 2.05) is 23.5 Å².